The van der Waals surface area contributed by atoms with Crippen molar-refractivity contribution in [2.24, 2.45) is 0 Å². The molecule has 0 unspecified atom stereocenters. The number of esters is 1. The highest BCUT2D eigenvalue weighted by Crippen LogP contribution is 2.17. The van der Waals surface area contributed by atoms with E-state index in [4.69, 9.17) is 9.47 Å². The minimum Gasteiger partial charge on any atom is -0.497 e. The van der Waals surface area contributed by atoms with E-state index in [1.807, 2.05) is 19.1 Å². The first kappa shape index (κ1) is 20.9. The molecule has 0 saturated heterocycles. The number of amides is 2. The monoisotopic (exact) mass is 388 g/mol. The molecule has 8 heteroatoms. The van der Waals surface area contributed by atoms with Crippen LogP contribution in [0.1, 0.15) is 15.9 Å². The van der Waals surface area contributed by atoms with Crippen LogP contribution in [0.25, 0.3) is 0 Å². The van der Waals surface area contributed by atoms with Crippen LogP contribution in [-0.2, 0) is 14.3 Å². The fourth-order valence-corrected chi connectivity index (χ4v) is 2.24. The lowest BCUT2D eigenvalue weighted by Crippen LogP contribution is -2.37. The number of halogens is 1. The van der Waals surface area contributed by atoms with Crippen LogP contribution >= 0.6 is 0 Å². The third kappa shape index (κ3) is 5.80. The summed E-state index contributed by atoms with van der Waals surface area (Å²) in [6.45, 7) is 1.09. The van der Waals surface area contributed by atoms with Gasteiger partial charge in [0.05, 0.1) is 19.2 Å². The molecule has 0 bridgehead atoms. The number of hydrogen-bond acceptors (Lipinski definition) is 5. The van der Waals surface area contributed by atoms with Gasteiger partial charge in [-0.3, -0.25) is 9.59 Å². The topological polar surface area (TPSA) is 84.9 Å². The van der Waals surface area contributed by atoms with E-state index in [2.05, 4.69) is 5.32 Å². The first-order valence-electron chi connectivity index (χ1n) is 8.41. The summed E-state index contributed by atoms with van der Waals surface area (Å²) in [5, 5.41) is 2.66. The summed E-state index contributed by atoms with van der Waals surface area (Å²) in [7, 11) is 2.77. The number of hydrogen-bond donors (Lipinski definition) is 1. The van der Waals surface area contributed by atoms with Gasteiger partial charge < -0.3 is 19.7 Å². The van der Waals surface area contributed by atoms with Gasteiger partial charge in [-0.05, 0) is 31.2 Å². The molecule has 0 aromatic heterocycles. The second-order valence-electron chi connectivity index (χ2n) is 6.09. The summed E-state index contributed by atoms with van der Waals surface area (Å²) in [4.78, 5) is 37.1. The fourth-order valence-electron chi connectivity index (χ4n) is 2.24. The van der Waals surface area contributed by atoms with Gasteiger partial charge in [-0.15, -0.1) is 0 Å². The van der Waals surface area contributed by atoms with Gasteiger partial charge >= 0.3 is 5.97 Å². The van der Waals surface area contributed by atoms with Crippen LogP contribution in [0.4, 0.5) is 10.1 Å². The number of aryl methyl sites for hydroxylation is 1. The average Bonchev–Trinajstić information content (AvgIpc) is 2.67. The van der Waals surface area contributed by atoms with E-state index in [0.29, 0.717) is 5.69 Å². The molecule has 28 heavy (non-hydrogen) atoms. The summed E-state index contributed by atoms with van der Waals surface area (Å²) in [5.74, 6) is -2.54. The molecular formula is C20H21FN2O5. The van der Waals surface area contributed by atoms with Gasteiger partial charge in [-0.2, -0.15) is 0 Å². The lowest BCUT2D eigenvalue weighted by molar-refractivity contribution is -0.136. The van der Waals surface area contributed by atoms with Crippen LogP contribution in [-0.4, -0.2) is 50.0 Å². The second kappa shape index (κ2) is 9.50. The molecule has 0 fully saturated rings. The molecule has 1 N–H and O–H groups in total. The number of likely N-dealkylation sites (N-methyl/N-ethyl adjacent to an activating group) is 1. The molecule has 0 aliphatic heterocycles. The van der Waals surface area contributed by atoms with Crippen molar-refractivity contribution < 1.29 is 28.2 Å². The molecule has 7 nitrogen and oxygen atoms in total. The van der Waals surface area contributed by atoms with E-state index in [1.54, 1.807) is 12.1 Å². The highest BCUT2D eigenvalue weighted by Gasteiger charge is 2.18. The van der Waals surface area contributed by atoms with Crippen LogP contribution in [0.5, 0.6) is 5.75 Å². The summed E-state index contributed by atoms with van der Waals surface area (Å²) in [5.41, 5.74) is 1.35. The Bertz CT molecular complexity index is 867. The standard InChI is InChI=1S/C20H21FN2O5/c1-13-4-6-14(7-5-13)22-18(24)11-23(2)19(25)12-28-20(26)16-9-8-15(27-3)10-17(16)21/h4-10H,11-12H2,1-3H3,(H,22,24). The molecule has 0 atom stereocenters. The highest BCUT2D eigenvalue weighted by atomic mass is 19.1. The summed E-state index contributed by atoms with van der Waals surface area (Å²) in [6.07, 6.45) is 0. The number of carbonyl (C=O) groups excluding carboxylic acids is 3. The normalized spacial score (nSPS) is 10.1. The average molecular weight is 388 g/mol. The predicted octanol–water partition coefficient (Wildman–Crippen LogP) is 2.40. The zero-order valence-corrected chi connectivity index (χ0v) is 15.8. The largest absolute Gasteiger partial charge is 0.497 e. The molecule has 148 valence electrons. The summed E-state index contributed by atoms with van der Waals surface area (Å²) < 4.78 is 23.5. The van der Waals surface area contributed by atoms with Gasteiger partial charge in [0.2, 0.25) is 5.91 Å². The van der Waals surface area contributed by atoms with E-state index in [0.717, 1.165) is 16.5 Å². The quantitative estimate of drug-likeness (QED) is 0.737. The van der Waals surface area contributed by atoms with Gasteiger partial charge in [-0.25, -0.2) is 9.18 Å². The minimum atomic E-state index is -0.981. The van der Waals surface area contributed by atoms with E-state index in [9.17, 15) is 18.8 Å². The Labute approximate surface area is 162 Å². The number of methoxy groups -OCH3 is 1. The molecule has 0 spiro atoms. The molecule has 0 saturated carbocycles. The maximum absolute atomic E-state index is 13.8. The Balaban J connectivity index is 1.83. The molecule has 0 aliphatic carbocycles. The molecule has 2 rings (SSSR count). The molecule has 2 aromatic carbocycles. The SMILES string of the molecule is COc1ccc(C(=O)OCC(=O)N(C)CC(=O)Nc2ccc(C)cc2)c(F)c1. The number of anilines is 1. The van der Waals surface area contributed by atoms with Gasteiger partial charge in [0.15, 0.2) is 6.61 Å². The lowest BCUT2D eigenvalue weighted by Gasteiger charge is -2.17. The van der Waals surface area contributed by atoms with Gasteiger partial charge in [0.1, 0.15) is 11.6 Å². The Morgan fingerprint density at radius 1 is 1.11 bits per heavy atom. The maximum Gasteiger partial charge on any atom is 0.341 e. The second-order valence-corrected chi connectivity index (χ2v) is 6.09. The molecular weight excluding hydrogens is 367 g/mol. The number of nitrogens with zero attached hydrogens (tertiary/aromatic N) is 1. The number of rotatable bonds is 7. The molecule has 0 heterocycles. The van der Waals surface area contributed by atoms with Crippen LogP contribution in [0.3, 0.4) is 0 Å². The number of benzene rings is 2. The van der Waals surface area contributed by atoms with Crippen LogP contribution in [0.15, 0.2) is 42.5 Å². The van der Waals surface area contributed by atoms with E-state index < -0.39 is 30.2 Å². The van der Waals surface area contributed by atoms with Crippen molar-refractivity contribution in [1.29, 1.82) is 0 Å². The third-order valence-corrected chi connectivity index (χ3v) is 3.86. The van der Waals surface area contributed by atoms with E-state index in [-0.39, 0.29) is 17.9 Å². The fraction of sp³-hybridized carbons (Fsp3) is 0.250. The van der Waals surface area contributed by atoms with E-state index >= 15 is 0 Å². The van der Waals surface area contributed by atoms with Crippen molar-refractivity contribution in [1.82, 2.24) is 4.90 Å². The van der Waals surface area contributed by atoms with Crippen molar-refractivity contribution >= 4 is 23.5 Å². The number of carbonyl (C=O) groups is 3. The first-order valence-corrected chi connectivity index (χ1v) is 8.41. The Hall–Kier alpha value is -3.42. The van der Waals surface area contributed by atoms with Crippen molar-refractivity contribution in [2.45, 2.75) is 6.92 Å². The van der Waals surface area contributed by atoms with E-state index in [1.165, 1.54) is 26.3 Å². The van der Waals surface area contributed by atoms with Gasteiger partial charge in [0.25, 0.3) is 5.91 Å². The maximum atomic E-state index is 13.8. The van der Waals surface area contributed by atoms with Crippen molar-refractivity contribution in [3.63, 3.8) is 0 Å². The predicted molar refractivity (Wildman–Crippen MR) is 101 cm³/mol. The zero-order valence-electron chi connectivity index (χ0n) is 15.8. The number of ether oxygens (including phenoxy) is 2. The highest BCUT2D eigenvalue weighted by molar-refractivity contribution is 5.95. The Morgan fingerprint density at radius 3 is 2.39 bits per heavy atom. The first-order chi connectivity index (χ1) is 13.3. The van der Waals surface area contributed by atoms with Gasteiger partial charge in [-0.1, -0.05) is 17.7 Å². The van der Waals surface area contributed by atoms with Gasteiger partial charge in [0, 0.05) is 18.8 Å². The zero-order chi connectivity index (χ0) is 20.7. The molecule has 0 radical (unpaired) electrons. The minimum absolute atomic E-state index is 0.221. The number of nitrogens with one attached hydrogen (secondary N) is 1. The third-order valence-electron chi connectivity index (χ3n) is 3.86. The molecule has 2 amide bonds. The Kier molecular flexibility index (Phi) is 7.08. The summed E-state index contributed by atoms with van der Waals surface area (Å²) >= 11 is 0. The smallest absolute Gasteiger partial charge is 0.341 e. The van der Waals surface area contributed by atoms with Crippen LogP contribution < -0.4 is 10.1 Å². The van der Waals surface area contributed by atoms with Crippen LogP contribution in [0, 0.1) is 12.7 Å². The van der Waals surface area contributed by atoms with Crippen molar-refractivity contribution in [2.75, 3.05) is 32.6 Å². The molecule has 0 aliphatic rings. The molecule has 2 aromatic rings. The van der Waals surface area contributed by atoms with Crippen molar-refractivity contribution in [3.8, 4) is 5.75 Å². The Morgan fingerprint density at radius 2 is 1.79 bits per heavy atom. The lowest BCUT2D eigenvalue weighted by atomic mass is 10.2. The van der Waals surface area contributed by atoms with Crippen LogP contribution in [0.2, 0.25) is 0 Å². The summed E-state index contributed by atoms with van der Waals surface area (Å²) in [6, 6.07) is 10.9. The van der Waals surface area contributed by atoms with Crippen molar-refractivity contribution in [3.05, 3.63) is 59.4 Å².